The molecule has 2 N–H and O–H groups in total. The molecule has 1 aliphatic heterocycles. The Bertz CT molecular complexity index is 466. The van der Waals surface area contributed by atoms with Crippen molar-refractivity contribution in [3.05, 3.63) is 18.0 Å². The van der Waals surface area contributed by atoms with E-state index < -0.39 is 10.2 Å². The molecule has 0 radical (unpaired) electrons. The number of aromatic nitrogens is 1. The van der Waals surface area contributed by atoms with Crippen LogP contribution in [0.1, 0.15) is 18.6 Å². The standard InChI is InChI=1S/C11H20N4O3S/c1-12-8-10-3-6-15(7-4-10)19(16,17)14-9-11-2-5-13-18-11/h2,5,10,12,14H,3-4,6-9H2,1H3. The zero-order valence-electron chi connectivity index (χ0n) is 11.0. The first-order valence-corrected chi connectivity index (χ1v) is 7.84. The van der Waals surface area contributed by atoms with Crippen molar-refractivity contribution >= 4 is 10.2 Å². The van der Waals surface area contributed by atoms with Gasteiger partial charge in [-0.3, -0.25) is 0 Å². The van der Waals surface area contributed by atoms with Gasteiger partial charge in [-0.25, -0.2) is 0 Å². The molecule has 1 aromatic rings. The number of rotatable bonds is 6. The minimum atomic E-state index is -3.42. The second-order valence-electron chi connectivity index (χ2n) is 4.71. The molecular formula is C11H20N4O3S. The van der Waals surface area contributed by atoms with E-state index in [1.54, 1.807) is 6.07 Å². The van der Waals surface area contributed by atoms with E-state index in [0.29, 0.717) is 24.8 Å². The molecular weight excluding hydrogens is 268 g/mol. The van der Waals surface area contributed by atoms with Gasteiger partial charge in [0.2, 0.25) is 0 Å². The van der Waals surface area contributed by atoms with Crippen LogP contribution in [0.5, 0.6) is 0 Å². The third-order valence-corrected chi connectivity index (χ3v) is 4.88. The second kappa shape index (κ2) is 6.47. The van der Waals surface area contributed by atoms with Gasteiger partial charge >= 0.3 is 0 Å². The van der Waals surface area contributed by atoms with Crippen LogP contribution in [0.4, 0.5) is 0 Å². The lowest BCUT2D eigenvalue weighted by molar-refractivity contribution is 0.267. The first-order chi connectivity index (χ1) is 9.12. The largest absolute Gasteiger partial charge is 0.360 e. The van der Waals surface area contributed by atoms with Gasteiger partial charge in [0.25, 0.3) is 10.2 Å². The molecule has 0 atom stereocenters. The molecule has 108 valence electrons. The molecule has 1 aromatic heterocycles. The normalized spacial score (nSPS) is 18.8. The highest BCUT2D eigenvalue weighted by Crippen LogP contribution is 2.18. The molecule has 0 spiro atoms. The minimum absolute atomic E-state index is 0.138. The van der Waals surface area contributed by atoms with Crippen LogP contribution in [0.2, 0.25) is 0 Å². The van der Waals surface area contributed by atoms with E-state index in [1.807, 2.05) is 7.05 Å². The summed E-state index contributed by atoms with van der Waals surface area (Å²) in [6, 6.07) is 1.64. The Morgan fingerprint density at radius 3 is 2.79 bits per heavy atom. The van der Waals surface area contributed by atoms with Crippen LogP contribution in [0.25, 0.3) is 0 Å². The molecule has 2 rings (SSSR count). The number of hydrogen-bond acceptors (Lipinski definition) is 5. The Morgan fingerprint density at radius 1 is 1.47 bits per heavy atom. The van der Waals surface area contributed by atoms with Crippen LogP contribution in [0, 0.1) is 5.92 Å². The molecule has 7 nitrogen and oxygen atoms in total. The quantitative estimate of drug-likeness (QED) is 0.766. The second-order valence-corrected chi connectivity index (χ2v) is 6.46. The van der Waals surface area contributed by atoms with Gasteiger partial charge in [-0.2, -0.15) is 17.4 Å². The Balaban J connectivity index is 1.83. The lowest BCUT2D eigenvalue weighted by Gasteiger charge is -2.30. The molecule has 0 bridgehead atoms. The lowest BCUT2D eigenvalue weighted by Crippen LogP contribution is -2.45. The van der Waals surface area contributed by atoms with Crippen molar-refractivity contribution in [3.63, 3.8) is 0 Å². The molecule has 0 saturated carbocycles. The number of nitrogens with one attached hydrogen (secondary N) is 2. The van der Waals surface area contributed by atoms with Gasteiger partial charge in [0.15, 0.2) is 5.76 Å². The van der Waals surface area contributed by atoms with Gasteiger partial charge in [-0.15, -0.1) is 0 Å². The summed E-state index contributed by atoms with van der Waals surface area (Å²) in [5.41, 5.74) is 0. The number of piperidine rings is 1. The SMILES string of the molecule is CNCC1CCN(S(=O)(=O)NCc2ccno2)CC1. The maximum absolute atomic E-state index is 12.1. The van der Waals surface area contributed by atoms with Crippen molar-refractivity contribution in [1.29, 1.82) is 0 Å². The fourth-order valence-corrected chi connectivity index (χ4v) is 3.43. The van der Waals surface area contributed by atoms with Gasteiger partial charge in [-0.05, 0) is 32.4 Å². The maximum atomic E-state index is 12.1. The zero-order chi connectivity index (χ0) is 13.7. The van der Waals surface area contributed by atoms with Gasteiger partial charge in [0.1, 0.15) is 0 Å². The monoisotopic (exact) mass is 288 g/mol. The van der Waals surface area contributed by atoms with Crippen LogP contribution in [0.15, 0.2) is 16.8 Å². The summed E-state index contributed by atoms with van der Waals surface area (Å²) < 4.78 is 33.0. The van der Waals surface area contributed by atoms with Crippen molar-refractivity contribution in [2.24, 2.45) is 5.92 Å². The molecule has 1 aliphatic rings. The molecule has 0 amide bonds. The Hall–Kier alpha value is -0.960. The number of nitrogens with zero attached hydrogens (tertiary/aromatic N) is 2. The van der Waals surface area contributed by atoms with Gasteiger partial charge in [0, 0.05) is 19.2 Å². The van der Waals surface area contributed by atoms with E-state index in [9.17, 15) is 8.42 Å². The van der Waals surface area contributed by atoms with Crippen LogP contribution in [-0.4, -0.2) is 44.6 Å². The van der Waals surface area contributed by atoms with Crippen molar-refractivity contribution < 1.29 is 12.9 Å². The van der Waals surface area contributed by atoms with Crippen molar-refractivity contribution in [1.82, 2.24) is 19.5 Å². The molecule has 0 unspecified atom stereocenters. The zero-order valence-corrected chi connectivity index (χ0v) is 11.8. The smallest absolute Gasteiger partial charge is 0.279 e. The topological polar surface area (TPSA) is 87.5 Å². The van der Waals surface area contributed by atoms with E-state index in [4.69, 9.17) is 4.52 Å². The average Bonchev–Trinajstić information content (AvgIpc) is 2.91. The van der Waals surface area contributed by atoms with E-state index in [2.05, 4.69) is 15.2 Å². The first kappa shape index (κ1) is 14.4. The fraction of sp³-hybridized carbons (Fsp3) is 0.727. The minimum Gasteiger partial charge on any atom is -0.360 e. The summed E-state index contributed by atoms with van der Waals surface area (Å²) in [4.78, 5) is 0. The van der Waals surface area contributed by atoms with Crippen LogP contribution < -0.4 is 10.0 Å². The molecule has 0 aromatic carbocycles. The van der Waals surface area contributed by atoms with Gasteiger partial charge < -0.3 is 9.84 Å². The van der Waals surface area contributed by atoms with Crippen LogP contribution in [0.3, 0.4) is 0 Å². The average molecular weight is 288 g/mol. The summed E-state index contributed by atoms with van der Waals surface area (Å²) in [7, 11) is -1.50. The highest BCUT2D eigenvalue weighted by atomic mass is 32.2. The molecule has 19 heavy (non-hydrogen) atoms. The molecule has 2 heterocycles. The lowest BCUT2D eigenvalue weighted by atomic mass is 9.98. The van der Waals surface area contributed by atoms with Crippen molar-refractivity contribution in [2.45, 2.75) is 19.4 Å². The van der Waals surface area contributed by atoms with E-state index in [-0.39, 0.29) is 6.54 Å². The predicted octanol–water partition coefficient (Wildman–Crippen LogP) is -0.0596. The maximum Gasteiger partial charge on any atom is 0.279 e. The van der Waals surface area contributed by atoms with Crippen molar-refractivity contribution in [3.8, 4) is 0 Å². The van der Waals surface area contributed by atoms with Gasteiger partial charge in [0.05, 0.1) is 12.7 Å². The molecule has 1 fully saturated rings. The predicted molar refractivity (Wildman–Crippen MR) is 70.5 cm³/mol. The third kappa shape index (κ3) is 4.00. The summed E-state index contributed by atoms with van der Waals surface area (Å²) in [5.74, 6) is 1.07. The third-order valence-electron chi connectivity index (χ3n) is 3.33. The molecule has 8 heteroatoms. The van der Waals surface area contributed by atoms with E-state index >= 15 is 0 Å². The van der Waals surface area contributed by atoms with E-state index in [0.717, 1.165) is 19.4 Å². The van der Waals surface area contributed by atoms with Gasteiger partial charge in [-0.1, -0.05) is 5.16 Å². The van der Waals surface area contributed by atoms with Crippen LogP contribution in [-0.2, 0) is 16.8 Å². The first-order valence-electron chi connectivity index (χ1n) is 6.40. The van der Waals surface area contributed by atoms with Crippen molar-refractivity contribution in [2.75, 3.05) is 26.7 Å². The Kier molecular flexibility index (Phi) is 4.92. The fourth-order valence-electron chi connectivity index (χ4n) is 2.23. The highest BCUT2D eigenvalue weighted by molar-refractivity contribution is 7.87. The number of hydrogen-bond donors (Lipinski definition) is 2. The summed E-state index contributed by atoms with van der Waals surface area (Å²) in [6.45, 7) is 2.22. The molecule has 1 saturated heterocycles. The van der Waals surface area contributed by atoms with Crippen LogP contribution >= 0.6 is 0 Å². The molecule has 0 aliphatic carbocycles. The summed E-state index contributed by atoms with van der Waals surface area (Å²) in [5, 5.41) is 6.67. The van der Waals surface area contributed by atoms with E-state index in [1.165, 1.54) is 10.5 Å². The Morgan fingerprint density at radius 2 is 2.21 bits per heavy atom. The highest BCUT2D eigenvalue weighted by Gasteiger charge is 2.27. The summed E-state index contributed by atoms with van der Waals surface area (Å²) in [6.07, 6.45) is 3.28. The Labute approximate surface area is 113 Å². The summed E-state index contributed by atoms with van der Waals surface area (Å²) >= 11 is 0.